The minimum atomic E-state index is -6.28. The number of phosphoric ester groups is 2. The Kier molecular flexibility index (Phi) is 19.3. The second kappa shape index (κ2) is 26.0. The number of nitro groups is 1. The predicted octanol–water partition coefficient (Wildman–Crippen LogP) is -0.900. The Morgan fingerprint density at radius 1 is 0.769 bits per heavy atom. The van der Waals surface area contributed by atoms with Gasteiger partial charge in [0.05, 0.1) is 56.1 Å². The first-order valence-corrected chi connectivity index (χ1v) is 33.5. The van der Waals surface area contributed by atoms with Gasteiger partial charge in [0.2, 0.25) is 17.7 Å². The van der Waals surface area contributed by atoms with E-state index < -0.39 is 158 Å². The average molecular weight is 1380 g/mol. The number of nitro benzene ring substituents is 1. The molecule has 1 aromatic carbocycles. The molecule has 9 heterocycles. The van der Waals surface area contributed by atoms with Crippen LogP contribution < -0.4 is 32.9 Å². The maximum atomic E-state index is 13.5. The molecule has 6 aromatic heterocycles. The summed E-state index contributed by atoms with van der Waals surface area (Å²) in [6.07, 6.45) is -15.8. The number of rotatable bonds is 25. The van der Waals surface area contributed by atoms with Gasteiger partial charge >= 0.3 is 35.8 Å². The predicted molar refractivity (Wildman–Crippen MR) is 306 cm³/mol. The van der Waals surface area contributed by atoms with Gasteiger partial charge in [-0.25, -0.2) is 38.2 Å². The number of phosphoric acid groups is 3. The van der Waals surface area contributed by atoms with E-state index in [-0.39, 0.29) is 62.5 Å². The molecule has 0 aliphatic carbocycles. The summed E-state index contributed by atoms with van der Waals surface area (Å²) in [6, 6.07) is 5.81. The smallest absolute Gasteiger partial charge is 0.387 e. The number of hydrogen-bond donors (Lipinski definition) is 12. The van der Waals surface area contributed by atoms with Crippen LogP contribution in [0.3, 0.4) is 0 Å². The fourth-order valence-corrected chi connectivity index (χ4v) is 15.3. The number of aromatic amines is 2. The summed E-state index contributed by atoms with van der Waals surface area (Å²) in [6.45, 7) is -3.33. The van der Waals surface area contributed by atoms with E-state index in [0.29, 0.717) is 0 Å². The minimum absolute atomic E-state index is 0.0415. The highest BCUT2D eigenvalue weighted by Crippen LogP contribution is 2.68. The molecule has 0 spiro atoms. The van der Waals surface area contributed by atoms with Crippen LogP contribution in [0.25, 0.3) is 33.5 Å². The molecule has 17 atom stereocenters. The number of aryl methyl sites for hydroxylation is 1. The Morgan fingerprint density at radius 3 is 2.04 bits per heavy atom. The number of aromatic nitrogens is 12. The molecular formula is C44H59N16O26P4S+. The number of nitrogen functional groups attached to an aromatic ring is 3. The Labute approximate surface area is 513 Å². The number of nitrogens with two attached hydrogens (primary N) is 3. The van der Waals surface area contributed by atoms with Gasteiger partial charge in [0, 0.05) is 13.2 Å². The fraction of sp³-hybridized carbons (Fsp3) is 0.523. The highest BCUT2D eigenvalue weighted by molar-refractivity contribution is 8.07. The van der Waals surface area contributed by atoms with Crippen LogP contribution in [-0.4, -0.2) is 182 Å². The van der Waals surface area contributed by atoms with Crippen molar-refractivity contribution in [2.24, 2.45) is 12.5 Å². The highest BCUT2D eigenvalue weighted by Gasteiger charge is 2.54. The van der Waals surface area contributed by atoms with Gasteiger partial charge in [-0.3, -0.25) is 56.9 Å². The molecule has 3 aliphatic heterocycles. The van der Waals surface area contributed by atoms with Gasteiger partial charge in [0.1, 0.15) is 73.6 Å². The van der Waals surface area contributed by atoms with Crippen molar-refractivity contribution in [1.29, 1.82) is 0 Å². The quantitative estimate of drug-likeness (QED) is 0.0108. The number of nitrogens with one attached hydrogen (secondary N) is 2. The first-order chi connectivity index (χ1) is 42.7. The standard InChI is InChI=1S/C44H58N16O26P4S/c1-44(2,3)32(18-8-6-7-9-19(18)60(66)67)77-17-76-30-27(62)21(82-40(30)59-16-56(4)25-36(59)53-43(47)55-38(25)65)10-78-87(68,69)85-89(72,73)86-88(70,71)79-12-22-29(31(75-5)41(83-22)57-14-50-23-33(45)48-13-49-34(23)57)84-90(74,91)80-11-20-26(61)28(63)39(81-20)58-15-51-24-35(58)52-42(46)54-37(24)64/h6-9,13-16,20-22,26-32,39-41,61-63H,10-12,17H2,1-5H3,(H11-,45,46,47,48,49,52,53,54,55,64,65,68,69,70,71,72,73,74,91)/p+1/t20-,21-,22-,26?,27+,28+,29?,30?,31+,32?,39-,40-,41-,90?/m1/s1. The van der Waals surface area contributed by atoms with E-state index in [4.69, 9.17) is 75.5 Å². The number of aliphatic hydroxyl groups is 3. The molecule has 15 N–H and O–H groups in total. The zero-order valence-corrected chi connectivity index (χ0v) is 52.1. The molecule has 47 heteroatoms. The molecule has 7 aromatic rings. The fourth-order valence-electron chi connectivity index (χ4n) is 10.3. The number of hydrogen-bond acceptors (Lipinski definition) is 32. The average Bonchev–Trinajstić information content (AvgIpc) is 1.63. The number of H-pyrrole nitrogens is 2. The molecule has 8 unspecified atom stereocenters. The lowest BCUT2D eigenvalue weighted by atomic mass is 9.84. The van der Waals surface area contributed by atoms with Gasteiger partial charge in [-0.1, -0.05) is 37.9 Å². The maximum Gasteiger partial charge on any atom is 0.490 e. The molecule has 0 radical (unpaired) electrons. The summed E-state index contributed by atoms with van der Waals surface area (Å²) < 4.78 is 111. The summed E-state index contributed by atoms with van der Waals surface area (Å²) in [5.74, 6) is -0.706. The van der Waals surface area contributed by atoms with Gasteiger partial charge in [0.15, 0.2) is 41.4 Å². The van der Waals surface area contributed by atoms with E-state index in [1.165, 1.54) is 51.6 Å². The zero-order chi connectivity index (χ0) is 66.0. The first kappa shape index (κ1) is 67.7. The molecule has 0 saturated carbocycles. The molecule has 3 fully saturated rings. The highest BCUT2D eigenvalue weighted by atomic mass is 32.5. The van der Waals surface area contributed by atoms with Crippen LogP contribution >= 0.6 is 30.2 Å². The Morgan fingerprint density at radius 2 is 1.37 bits per heavy atom. The van der Waals surface area contributed by atoms with Gasteiger partial charge in [-0.05, 0) is 23.3 Å². The van der Waals surface area contributed by atoms with Crippen molar-refractivity contribution in [1.82, 2.24) is 53.6 Å². The van der Waals surface area contributed by atoms with E-state index in [1.807, 2.05) is 0 Å². The molecule has 3 aliphatic rings. The van der Waals surface area contributed by atoms with Crippen molar-refractivity contribution in [2.45, 2.75) is 100 Å². The molecule has 10 rings (SSSR count). The third kappa shape index (κ3) is 14.4. The molecule has 0 amide bonds. The lowest BCUT2D eigenvalue weighted by molar-refractivity contribution is -0.746. The molecular weight excluding hydrogens is 1320 g/mol. The number of ether oxygens (including phenoxy) is 6. The largest absolute Gasteiger partial charge is 0.490 e. The number of imidazole rings is 3. The Hall–Kier alpha value is -6.15. The number of nitrogens with zero attached hydrogens (tertiary/aromatic N) is 11. The molecule has 3 saturated heterocycles. The van der Waals surface area contributed by atoms with Gasteiger partial charge < -0.3 is 85.0 Å². The van der Waals surface area contributed by atoms with Crippen molar-refractivity contribution >= 4 is 98.9 Å². The van der Waals surface area contributed by atoms with Crippen LogP contribution in [0, 0.1) is 15.5 Å². The molecule has 496 valence electrons. The maximum absolute atomic E-state index is 13.5. The molecule has 91 heavy (non-hydrogen) atoms. The van der Waals surface area contributed by atoms with Crippen LogP contribution in [0.5, 0.6) is 0 Å². The second-order valence-corrected chi connectivity index (χ2v) is 28.9. The van der Waals surface area contributed by atoms with Crippen molar-refractivity contribution in [2.75, 3.05) is 50.9 Å². The van der Waals surface area contributed by atoms with Crippen LogP contribution in [0.15, 0.2) is 59.2 Å². The van der Waals surface area contributed by atoms with Crippen molar-refractivity contribution < 1.29 is 113 Å². The van der Waals surface area contributed by atoms with Crippen LogP contribution in [0.2, 0.25) is 0 Å². The molecule has 42 nitrogen and oxygen atoms in total. The normalized spacial score (nSPS) is 27.7. The summed E-state index contributed by atoms with van der Waals surface area (Å²) in [4.78, 5) is 110. The van der Waals surface area contributed by atoms with E-state index in [1.54, 1.807) is 26.8 Å². The second-order valence-electron chi connectivity index (χ2n) is 21.5. The van der Waals surface area contributed by atoms with Crippen molar-refractivity contribution in [3.8, 4) is 0 Å². The lowest BCUT2D eigenvalue weighted by Crippen LogP contribution is -2.47. The third-order valence-corrected chi connectivity index (χ3v) is 20.0. The lowest BCUT2D eigenvalue weighted by Gasteiger charge is -2.31. The van der Waals surface area contributed by atoms with Crippen LogP contribution in [0.1, 0.15) is 51.1 Å². The number of benzene rings is 1. The first-order valence-electron chi connectivity index (χ1n) is 26.4. The van der Waals surface area contributed by atoms with Gasteiger partial charge in [-0.2, -0.15) is 13.6 Å². The Bertz CT molecular complexity index is 4210. The monoisotopic (exact) mass is 1380 g/mol. The topological polar surface area (TPSA) is 587 Å². The molecule has 0 bridgehead atoms. The van der Waals surface area contributed by atoms with E-state index in [9.17, 15) is 68.3 Å². The van der Waals surface area contributed by atoms with Crippen molar-refractivity contribution in [3.63, 3.8) is 0 Å². The summed E-state index contributed by atoms with van der Waals surface area (Å²) in [5.41, 5.74) is 14.9. The zero-order valence-electron chi connectivity index (χ0n) is 47.7. The van der Waals surface area contributed by atoms with Crippen LogP contribution in [0.4, 0.5) is 23.4 Å². The van der Waals surface area contributed by atoms with E-state index >= 15 is 0 Å². The number of fused-ring (bicyclic) bond motifs is 3. The van der Waals surface area contributed by atoms with E-state index in [0.717, 1.165) is 24.3 Å². The number of para-hydroxylation sites is 1. The van der Waals surface area contributed by atoms with Gasteiger partial charge in [-0.15, -0.1) is 0 Å². The Balaban J connectivity index is 0.817. The summed E-state index contributed by atoms with van der Waals surface area (Å²) >= 11 is 5.32. The number of aliphatic hydroxyl groups excluding tert-OH is 3. The van der Waals surface area contributed by atoms with Gasteiger partial charge in [0.25, 0.3) is 22.8 Å². The number of anilines is 3. The third-order valence-electron chi connectivity index (χ3n) is 14.2. The summed E-state index contributed by atoms with van der Waals surface area (Å²) in [7, 11) is -15.6. The number of methoxy groups -OCH3 is 1. The SMILES string of the molecule is CO[C@H]1C(OP(O)(=S)OC[C@H]2O[C@@H](n3cnc4c(=O)[nH]c(N)nc43)[C@@H](O)C2O)[C@@H](COP(=O)(O)OP(=O)(O)OP(=O)(O)OC[C@H]2O[C@@H]([n+]3cn(C)c4c(=O)[nH]c(N)nc43)C(OCOC(c3ccccc3[N+](=O)[O-])C(C)(C)C)[C@H]2O)O[C@H]1n1cnc2c(N)ncnc21. The van der Waals surface area contributed by atoms with Crippen LogP contribution in [-0.2, 0) is 87.7 Å². The van der Waals surface area contributed by atoms with Crippen molar-refractivity contribution in [3.05, 3.63) is 86.0 Å². The minimum Gasteiger partial charge on any atom is -0.387 e. The van der Waals surface area contributed by atoms with E-state index in [2.05, 4.69) is 48.5 Å². The summed E-state index contributed by atoms with van der Waals surface area (Å²) in [5, 5.41) is 45.7.